The smallest absolute Gasteiger partial charge is 0.326 e. The normalized spacial score (nSPS) is 11.7. The molecule has 0 fully saturated rings. The number of nitrogens with zero attached hydrogens (tertiary/aromatic N) is 1. The first-order chi connectivity index (χ1) is 11.2. The van der Waals surface area contributed by atoms with Gasteiger partial charge in [0.25, 0.3) is 0 Å². The minimum atomic E-state index is -0.787. The molecule has 0 spiro atoms. The quantitative estimate of drug-likeness (QED) is 0.776. The molecule has 0 aliphatic rings. The van der Waals surface area contributed by atoms with Crippen LogP contribution in [0.4, 0.5) is 5.69 Å². The number of rotatable bonds is 8. The van der Waals surface area contributed by atoms with Gasteiger partial charge in [0.2, 0.25) is 0 Å². The van der Waals surface area contributed by atoms with E-state index in [1.54, 1.807) is 0 Å². The average Bonchev–Trinajstić information content (AvgIpc) is 2.56. The van der Waals surface area contributed by atoms with Crippen molar-refractivity contribution in [3.8, 4) is 11.5 Å². The zero-order valence-corrected chi connectivity index (χ0v) is 13.6. The largest absolute Gasteiger partial charge is 0.480 e. The van der Waals surface area contributed by atoms with Crippen LogP contribution in [0.1, 0.15) is 26.7 Å². The van der Waals surface area contributed by atoms with Crippen molar-refractivity contribution < 1.29 is 14.6 Å². The van der Waals surface area contributed by atoms with Crippen LogP contribution >= 0.6 is 0 Å². The summed E-state index contributed by atoms with van der Waals surface area (Å²) in [6.45, 7) is 4.66. The van der Waals surface area contributed by atoms with E-state index in [1.165, 1.54) is 0 Å². The summed E-state index contributed by atoms with van der Waals surface area (Å²) in [6, 6.07) is 16.7. The SMILES string of the molecule is CCCN(c1ccc(Oc2ccccc2)cc1)C(CC)C(=O)O. The zero-order valence-electron chi connectivity index (χ0n) is 13.6. The number of carboxylic acids is 1. The van der Waals surface area contributed by atoms with Gasteiger partial charge in [-0.05, 0) is 49.2 Å². The summed E-state index contributed by atoms with van der Waals surface area (Å²) in [5.41, 5.74) is 0.904. The van der Waals surface area contributed by atoms with Crippen molar-refractivity contribution in [3.05, 3.63) is 54.6 Å². The van der Waals surface area contributed by atoms with Crippen molar-refractivity contribution in [1.82, 2.24) is 0 Å². The molecule has 0 saturated carbocycles. The lowest BCUT2D eigenvalue weighted by molar-refractivity contribution is -0.138. The predicted molar refractivity (Wildman–Crippen MR) is 92.3 cm³/mol. The number of anilines is 1. The Morgan fingerprint density at radius 3 is 2.17 bits per heavy atom. The molecular formula is C19H23NO3. The average molecular weight is 313 g/mol. The van der Waals surface area contributed by atoms with Crippen LogP contribution in [-0.2, 0) is 4.79 Å². The lowest BCUT2D eigenvalue weighted by Gasteiger charge is -2.30. The van der Waals surface area contributed by atoms with Gasteiger partial charge in [-0.3, -0.25) is 0 Å². The summed E-state index contributed by atoms with van der Waals surface area (Å²) in [6.07, 6.45) is 1.46. The van der Waals surface area contributed by atoms with E-state index in [1.807, 2.05) is 66.4 Å². The highest BCUT2D eigenvalue weighted by Gasteiger charge is 2.23. The highest BCUT2D eigenvalue weighted by molar-refractivity contribution is 5.78. The molecule has 4 nitrogen and oxygen atoms in total. The van der Waals surface area contributed by atoms with E-state index in [4.69, 9.17) is 4.74 Å². The molecule has 2 aromatic rings. The number of benzene rings is 2. The molecule has 0 saturated heterocycles. The molecule has 23 heavy (non-hydrogen) atoms. The molecule has 0 aliphatic carbocycles. The third kappa shape index (κ3) is 4.49. The van der Waals surface area contributed by atoms with Crippen molar-refractivity contribution in [2.24, 2.45) is 0 Å². The molecule has 4 heteroatoms. The molecule has 1 unspecified atom stereocenters. The van der Waals surface area contributed by atoms with E-state index in [0.717, 1.165) is 23.6 Å². The molecule has 2 rings (SSSR count). The van der Waals surface area contributed by atoms with Crippen molar-refractivity contribution in [1.29, 1.82) is 0 Å². The van der Waals surface area contributed by atoms with E-state index in [-0.39, 0.29) is 0 Å². The standard InChI is InChI=1S/C19H23NO3/c1-3-14-20(18(4-2)19(21)22)15-10-12-17(13-11-15)23-16-8-6-5-7-9-16/h5-13,18H,3-4,14H2,1-2H3,(H,21,22). The van der Waals surface area contributed by atoms with E-state index >= 15 is 0 Å². The molecule has 122 valence electrons. The Labute approximate surface area is 137 Å². The number of para-hydroxylation sites is 1. The Morgan fingerprint density at radius 2 is 1.65 bits per heavy atom. The summed E-state index contributed by atoms with van der Waals surface area (Å²) in [5, 5.41) is 9.41. The van der Waals surface area contributed by atoms with Gasteiger partial charge in [0.15, 0.2) is 0 Å². The maximum absolute atomic E-state index is 11.5. The van der Waals surface area contributed by atoms with Crippen LogP contribution < -0.4 is 9.64 Å². The van der Waals surface area contributed by atoms with Gasteiger partial charge in [-0.25, -0.2) is 4.79 Å². The third-order valence-corrected chi connectivity index (χ3v) is 3.66. The zero-order chi connectivity index (χ0) is 16.7. The van der Waals surface area contributed by atoms with Crippen LogP contribution in [0.5, 0.6) is 11.5 Å². The molecule has 0 aliphatic heterocycles. The van der Waals surface area contributed by atoms with Crippen LogP contribution in [0.15, 0.2) is 54.6 Å². The number of carboxylic acid groups (broad SMARTS) is 1. The minimum Gasteiger partial charge on any atom is -0.480 e. The van der Waals surface area contributed by atoms with E-state index in [0.29, 0.717) is 13.0 Å². The predicted octanol–water partition coefficient (Wildman–Crippen LogP) is 4.56. The van der Waals surface area contributed by atoms with Crippen LogP contribution in [0.2, 0.25) is 0 Å². The third-order valence-electron chi connectivity index (χ3n) is 3.66. The first-order valence-corrected chi connectivity index (χ1v) is 7.98. The second-order valence-electron chi connectivity index (χ2n) is 5.36. The first kappa shape index (κ1) is 16.9. The summed E-state index contributed by atoms with van der Waals surface area (Å²) < 4.78 is 5.77. The number of hydrogen-bond donors (Lipinski definition) is 1. The van der Waals surface area contributed by atoms with E-state index in [2.05, 4.69) is 6.92 Å². The summed E-state index contributed by atoms with van der Waals surface area (Å²) in [7, 11) is 0. The Bertz CT molecular complexity index is 610. The van der Waals surface area contributed by atoms with Gasteiger partial charge >= 0.3 is 5.97 Å². The second-order valence-corrected chi connectivity index (χ2v) is 5.36. The van der Waals surface area contributed by atoms with Gasteiger partial charge in [0.1, 0.15) is 17.5 Å². The highest BCUT2D eigenvalue weighted by atomic mass is 16.5. The minimum absolute atomic E-state index is 0.504. The van der Waals surface area contributed by atoms with Crippen molar-refractivity contribution in [2.75, 3.05) is 11.4 Å². The molecule has 2 aromatic carbocycles. The van der Waals surface area contributed by atoms with Gasteiger partial charge in [0.05, 0.1) is 0 Å². The van der Waals surface area contributed by atoms with Gasteiger partial charge in [0, 0.05) is 12.2 Å². The number of carbonyl (C=O) groups is 1. The second kappa shape index (κ2) is 8.22. The fourth-order valence-electron chi connectivity index (χ4n) is 2.56. The fourth-order valence-corrected chi connectivity index (χ4v) is 2.56. The Morgan fingerprint density at radius 1 is 1.04 bits per heavy atom. The molecule has 1 N–H and O–H groups in total. The van der Waals surface area contributed by atoms with Crippen LogP contribution in [0.25, 0.3) is 0 Å². The van der Waals surface area contributed by atoms with E-state index in [9.17, 15) is 9.90 Å². The molecule has 0 heterocycles. The molecule has 0 bridgehead atoms. The summed E-state index contributed by atoms with van der Waals surface area (Å²) in [5.74, 6) is 0.730. The maximum atomic E-state index is 11.5. The van der Waals surface area contributed by atoms with Gasteiger partial charge in [-0.1, -0.05) is 32.0 Å². The van der Waals surface area contributed by atoms with Crippen molar-refractivity contribution in [3.63, 3.8) is 0 Å². The van der Waals surface area contributed by atoms with Crippen LogP contribution in [-0.4, -0.2) is 23.7 Å². The Balaban J connectivity index is 2.16. The summed E-state index contributed by atoms with van der Waals surface area (Å²) >= 11 is 0. The first-order valence-electron chi connectivity index (χ1n) is 7.98. The Hall–Kier alpha value is -2.49. The molecule has 0 aromatic heterocycles. The van der Waals surface area contributed by atoms with Crippen LogP contribution in [0, 0.1) is 0 Å². The van der Waals surface area contributed by atoms with Crippen molar-refractivity contribution in [2.45, 2.75) is 32.7 Å². The lowest BCUT2D eigenvalue weighted by atomic mass is 10.1. The fraction of sp³-hybridized carbons (Fsp3) is 0.316. The van der Waals surface area contributed by atoms with Crippen molar-refractivity contribution >= 4 is 11.7 Å². The number of hydrogen-bond acceptors (Lipinski definition) is 3. The van der Waals surface area contributed by atoms with Gasteiger partial charge in [-0.15, -0.1) is 0 Å². The Kier molecular flexibility index (Phi) is 6.03. The van der Waals surface area contributed by atoms with Gasteiger partial charge in [-0.2, -0.15) is 0 Å². The van der Waals surface area contributed by atoms with Crippen LogP contribution in [0.3, 0.4) is 0 Å². The maximum Gasteiger partial charge on any atom is 0.326 e. The van der Waals surface area contributed by atoms with Gasteiger partial charge < -0.3 is 14.7 Å². The monoisotopic (exact) mass is 313 g/mol. The lowest BCUT2D eigenvalue weighted by Crippen LogP contribution is -2.41. The number of ether oxygens (including phenoxy) is 1. The number of aliphatic carboxylic acids is 1. The summed E-state index contributed by atoms with van der Waals surface area (Å²) in [4.78, 5) is 13.4. The molecular weight excluding hydrogens is 290 g/mol. The molecule has 1 atom stereocenters. The topological polar surface area (TPSA) is 49.8 Å². The molecule has 0 amide bonds. The van der Waals surface area contributed by atoms with E-state index < -0.39 is 12.0 Å². The highest BCUT2D eigenvalue weighted by Crippen LogP contribution is 2.26. The molecule has 0 radical (unpaired) electrons.